The number of ether oxygens (including phenoxy) is 1. The quantitative estimate of drug-likeness (QED) is 0.801. The van der Waals surface area contributed by atoms with Crippen molar-refractivity contribution in [1.29, 1.82) is 0 Å². The van der Waals surface area contributed by atoms with Crippen molar-refractivity contribution in [3.05, 3.63) is 35.5 Å². The highest BCUT2D eigenvalue weighted by Crippen LogP contribution is 2.47. The summed E-state index contributed by atoms with van der Waals surface area (Å²) in [5.74, 6) is 0. The number of fused-ring (bicyclic) bond motifs is 4. The lowest BCUT2D eigenvalue weighted by Gasteiger charge is -2.51. The second-order valence-corrected chi connectivity index (χ2v) is 8.50. The van der Waals surface area contributed by atoms with E-state index in [-0.39, 0.29) is 5.54 Å². The Hall–Kier alpha value is -1.36. The molecule has 4 nitrogen and oxygen atoms in total. The second-order valence-electron chi connectivity index (χ2n) is 8.50. The van der Waals surface area contributed by atoms with E-state index >= 15 is 0 Å². The predicted octanol–water partition coefficient (Wildman–Crippen LogP) is 3.81. The lowest BCUT2D eigenvalue weighted by atomic mass is 9.67. The van der Waals surface area contributed by atoms with Gasteiger partial charge in [-0.05, 0) is 70.7 Å². The molecule has 1 saturated carbocycles. The Labute approximate surface area is 157 Å². The van der Waals surface area contributed by atoms with Crippen LogP contribution in [-0.2, 0) is 16.7 Å². The van der Waals surface area contributed by atoms with Crippen molar-refractivity contribution in [3.63, 3.8) is 0 Å². The molecule has 142 valence electrons. The first-order valence-corrected chi connectivity index (χ1v) is 10.1. The molecule has 0 unspecified atom stereocenters. The molecule has 1 aliphatic heterocycles. The largest absolute Gasteiger partial charge is 0.385 e. The highest BCUT2D eigenvalue weighted by molar-refractivity contribution is 5.85. The molecule has 0 bridgehead atoms. The van der Waals surface area contributed by atoms with Crippen LogP contribution in [0.4, 0.5) is 0 Å². The fourth-order valence-electron chi connectivity index (χ4n) is 5.42. The number of rotatable bonds is 5. The van der Waals surface area contributed by atoms with Crippen LogP contribution in [0, 0.1) is 0 Å². The number of hydrogen-bond acceptors (Lipinski definition) is 3. The lowest BCUT2D eigenvalue weighted by Crippen LogP contribution is -2.56. The standard InChI is InChI=1S/C22H33N3O/c1-25(2)21(10-6-16-26-3)11-13-22(14-12-21)20-18(9-15-23-22)17-7-4-5-8-19(17)24-20/h4-5,7-8,23-24H,6,9-16H2,1-3H3. The summed E-state index contributed by atoms with van der Waals surface area (Å²) >= 11 is 0. The third-order valence-electron chi connectivity index (χ3n) is 7.10. The molecule has 1 fully saturated rings. The van der Waals surface area contributed by atoms with Gasteiger partial charge in [-0.25, -0.2) is 0 Å². The van der Waals surface area contributed by atoms with Crippen molar-refractivity contribution in [2.24, 2.45) is 0 Å². The first-order chi connectivity index (χ1) is 12.6. The van der Waals surface area contributed by atoms with E-state index in [9.17, 15) is 0 Å². The Balaban J connectivity index is 1.61. The lowest BCUT2D eigenvalue weighted by molar-refractivity contribution is 0.0375. The molecule has 2 aliphatic rings. The van der Waals surface area contributed by atoms with Crippen LogP contribution < -0.4 is 5.32 Å². The molecule has 0 saturated heterocycles. The Morgan fingerprint density at radius 3 is 2.62 bits per heavy atom. The molecule has 2 heterocycles. The van der Waals surface area contributed by atoms with Gasteiger partial charge in [0.05, 0.1) is 5.54 Å². The summed E-state index contributed by atoms with van der Waals surface area (Å²) in [5.41, 5.74) is 4.76. The summed E-state index contributed by atoms with van der Waals surface area (Å²) in [6.45, 7) is 1.96. The van der Waals surface area contributed by atoms with Gasteiger partial charge in [0, 0.05) is 42.4 Å². The third-order valence-corrected chi connectivity index (χ3v) is 7.10. The van der Waals surface area contributed by atoms with E-state index in [0.29, 0.717) is 5.54 Å². The molecule has 1 aromatic carbocycles. The van der Waals surface area contributed by atoms with E-state index in [1.165, 1.54) is 48.7 Å². The number of para-hydroxylation sites is 1. The van der Waals surface area contributed by atoms with Gasteiger partial charge in [-0.3, -0.25) is 0 Å². The van der Waals surface area contributed by atoms with Crippen molar-refractivity contribution in [2.45, 2.75) is 56.0 Å². The van der Waals surface area contributed by atoms with Crippen molar-refractivity contribution in [3.8, 4) is 0 Å². The normalized spacial score (nSPS) is 28.8. The number of H-pyrrole nitrogens is 1. The van der Waals surface area contributed by atoms with Crippen molar-refractivity contribution in [1.82, 2.24) is 15.2 Å². The summed E-state index contributed by atoms with van der Waals surface area (Å²) in [7, 11) is 6.32. The van der Waals surface area contributed by atoms with E-state index in [4.69, 9.17) is 4.74 Å². The maximum absolute atomic E-state index is 5.31. The first kappa shape index (κ1) is 18.0. The average molecular weight is 356 g/mol. The fourth-order valence-corrected chi connectivity index (χ4v) is 5.42. The number of nitrogens with zero attached hydrogens (tertiary/aromatic N) is 1. The average Bonchev–Trinajstić information content (AvgIpc) is 3.04. The van der Waals surface area contributed by atoms with Crippen LogP contribution in [0.1, 0.15) is 49.8 Å². The van der Waals surface area contributed by atoms with E-state index < -0.39 is 0 Å². The zero-order chi connectivity index (χ0) is 18.2. The van der Waals surface area contributed by atoms with Crippen LogP contribution in [0.3, 0.4) is 0 Å². The first-order valence-electron chi connectivity index (χ1n) is 10.1. The number of hydrogen-bond donors (Lipinski definition) is 2. The van der Waals surface area contributed by atoms with Gasteiger partial charge in [0.2, 0.25) is 0 Å². The molecule has 4 rings (SSSR count). The molecule has 0 amide bonds. The Kier molecular flexibility index (Phi) is 4.84. The van der Waals surface area contributed by atoms with E-state index in [0.717, 1.165) is 26.0 Å². The Morgan fingerprint density at radius 2 is 1.88 bits per heavy atom. The van der Waals surface area contributed by atoms with Gasteiger partial charge in [-0.15, -0.1) is 0 Å². The smallest absolute Gasteiger partial charge is 0.0591 e. The zero-order valence-corrected chi connectivity index (χ0v) is 16.5. The maximum Gasteiger partial charge on any atom is 0.0591 e. The minimum atomic E-state index is 0.132. The van der Waals surface area contributed by atoms with Gasteiger partial charge < -0.3 is 19.9 Å². The molecule has 1 aromatic heterocycles. The van der Waals surface area contributed by atoms with Crippen LogP contribution in [0.5, 0.6) is 0 Å². The van der Waals surface area contributed by atoms with Gasteiger partial charge in [0.15, 0.2) is 0 Å². The molecule has 2 aromatic rings. The van der Waals surface area contributed by atoms with Gasteiger partial charge in [0.1, 0.15) is 0 Å². The van der Waals surface area contributed by atoms with Gasteiger partial charge in [-0.1, -0.05) is 18.2 Å². The summed E-state index contributed by atoms with van der Waals surface area (Å²) in [6, 6.07) is 8.80. The van der Waals surface area contributed by atoms with Crippen molar-refractivity contribution >= 4 is 10.9 Å². The number of aromatic amines is 1. The molecule has 26 heavy (non-hydrogen) atoms. The second kappa shape index (κ2) is 6.99. The van der Waals surface area contributed by atoms with Gasteiger partial charge in [0.25, 0.3) is 0 Å². The number of benzene rings is 1. The molecule has 0 radical (unpaired) electrons. The molecule has 2 N–H and O–H groups in total. The van der Waals surface area contributed by atoms with E-state index in [1.807, 2.05) is 7.11 Å². The van der Waals surface area contributed by atoms with E-state index in [2.05, 4.69) is 53.6 Å². The van der Waals surface area contributed by atoms with Crippen LogP contribution >= 0.6 is 0 Å². The van der Waals surface area contributed by atoms with Crippen LogP contribution in [0.15, 0.2) is 24.3 Å². The molecular weight excluding hydrogens is 322 g/mol. The molecule has 1 spiro atoms. The topological polar surface area (TPSA) is 40.3 Å². The highest BCUT2D eigenvalue weighted by Gasteiger charge is 2.47. The minimum Gasteiger partial charge on any atom is -0.385 e. The maximum atomic E-state index is 5.31. The Morgan fingerprint density at radius 1 is 1.12 bits per heavy atom. The molecule has 1 aliphatic carbocycles. The van der Waals surface area contributed by atoms with Gasteiger partial charge in [-0.2, -0.15) is 0 Å². The summed E-state index contributed by atoms with van der Waals surface area (Å²) in [4.78, 5) is 6.27. The summed E-state index contributed by atoms with van der Waals surface area (Å²) in [5, 5.41) is 5.35. The molecular formula is C22H33N3O. The zero-order valence-electron chi connectivity index (χ0n) is 16.5. The number of nitrogens with one attached hydrogen (secondary N) is 2. The highest BCUT2D eigenvalue weighted by atomic mass is 16.5. The summed E-state index contributed by atoms with van der Waals surface area (Å²) < 4.78 is 5.31. The number of methoxy groups -OCH3 is 1. The monoisotopic (exact) mass is 355 g/mol. The number of aromatic nitrogens is 1. The molecule has 0 atom stereocenters. The summed E-state index contributed by atoms with van der Waals surface area (Å²) in [6.07, 6.45) is 8.40. The van der Waals surface area contributed by atoms with Crippen LogP contribution in [-0.4, -0.2) is 49.8 Å². The van der Waals surface area contributed by atoms with Crippen LogP contribution in [0.2, 0.25) is 0 Å². The SMILES string of the molecule is COCCCC1(N(C)C)CCC2(CC1)NCCc1c2[nH]c2ccccc12. The van der Waals surface area contributed by atoms with E-state index in [1.54, 1.807) is 5.56 Å². The van der Waals surface area contributed by atoms with Crippen LogP contribution in [0.25, 0.3) is 10.9 Å². The molecule has 4 heteroatoms. The van der Waals surface area contributed by atoms with Crippen molar-refractivity contribution in [2.75, 3.05) is 34.4 Å². The fraction of sp³-hybridized carbons (Fsp3) is 0.636. The minimum absolute atomic E-state index is 0.132. The van der Waals surface area contributed by atoms with Crippen molar-refractivity contribution < 1.29 is 4.74 Å². The Bertz CT molecular complexity index is 756. The third kappa shape index (κ3) is 2.88. The predicted molar refractivity (Wildman–Crippen MR) is 108 cm³/mol. The van der Waals surface area contributed by atoms with Gasteiger partial charge >= 0.3 is 0 Å².